The van der Waals surface area contributed by atoms with Crippen LogP contribution in [-0.4, -0.2) is 54.5 Å². The summed E-state index contributed by atoms with van der Waals surface area (Å²) in [4.78, 5) is 33.9. The van der Waals surface area contributed by atoms with Crippen molar-refractivity contribution in [2.75, 3.05) is 17.2 Å². The molecule has 1 aromatic carbocycles. The first-order chi connectivity index (χ1) is 18.0. The summed E-state index contributed by atoms with van der Waals surface area (Å²) in [6, 6.07) is 4.33. The lowest BCUT2D eigenvalue weighted by molar-refractivity contribution is -0.137. The number of pyridine rings is 1. The van der Waals surface area contributed by atoms with Crippen molar-refractivity contribution in [2.24, 2.45) is 0 Å². The number of carboxylic acid groups (broad SMARTS) is 1. The molecule has 1 fully saturated rings. The summed E-state index contributed by atoms with van der Waals surface area (Å²) in [6.07, 6.45) is -1.50. The number of benzene rings is 1. The predicted molar refractivity (Wildman–Crippen MR) is 129 cm³/mol. The smallest absolute Gasteiger partial charge is 0.418 e. The molecule has 0 saturated heterocycles. The molecule has 0 bridgehead atoms. The van der Waals surface area contributed by atoms with Gasteiger partial charge in [0.05, 0.1) is 17.8 Å². The Morgan fingerprint density at radius 2 is 1.89 bits per heavy atom. The highest BCUT2D eigenvalue weighted by Crippen LogP contribution is 2.35. The number of alkyl halides is 3. The number of hydrogen-bond donors (Lipinski definition) is 3. The number of carbonyl (C=O) groups is 2. The molecule has 3 aromatic rings. The fraction of sp³-hybridized carbons (Fsp3) is 0.375. The summed E-state index contributed by atoms with van der Waals surface area (Å²) >= 11 is 0. The Kier molecular flexibility index (Phi) is 7.78. The molecule has 2 aromatic heterocycles. The fourth-order valence-corrected chi connectivity index (χ4v) is 4.42. The van der Waals surface area contributed by atoms with Crippen LogP contribution in [0.25, 0.3) is 11.4 Å². The van der Waals surface area contributed by atoms with Gasteiger partial charge in [-0.25, -0.2) is 28.6 Å². The molecule has 4 rings (SSSR count). The minimum atomic E-state index is -4.84. The van der Waals surface area contributed by atoms with Crippen molar-refractivity contribution < 1.29 is 32.3 Å². The minimum absolute atomic E-state index is 0.104. The van der Waals surface area contributed by atoms with E-state index in [-0.39, 0.29) is 24.9 Å². The van der Waals surface area contributed by atoms with Gasteiger partial charge < -0.3 is 15.3 Å². The second kappa shape index (κ2) is 11.0. The number of nitrogens with zero attached hydrogens (tertiary/aromatic N) is 5. The maximum absolute atomic E-state index is 13.5. The number of carbonyl (C=O) groups excluding carboxylic acids is 1. The lowest BCUT2D eigenvalue weighted by Crippen LogP contribution is -2.43. The second-order valence-corrected chi connectivity index (χ2v) is 8.82. The quantitative estimate of drug-likeness (QED) is 0.349. The number of urea groups is 1. The van der Waals surface area contributed by atoms with Crippen molar-refractivity contribution in [3.8, 4) is 11.4 Å². The molecule has 14 heteroatoms. The van der Waals surface area contributed by atoms with Gasteiger partial charge >= 0.3 is 18.3 Å². The molecule has 3 N–H and O–H groups in total. The molecule has 0 unspecified atom stereocenters. The largest absolute Gasteiger partial charge is 0.465 e. The Balaban J connectivity index is 1.52. The van der Waals surface area contributed by atoms with Gasteiger partial charge in [-0.05, 0) is 50.1 Å². The van der Waals surface area contributed by atoms with Gasteiger partial charge in [0.25, 0.3) is 0 Å². The van der Waals surface area contributed by atoms with E-state index in [0.717, 1.165) is 25.0 Å². The van der Waals surface area contributed by atoms with Crippen molar-refractivity contribution in [2.45, 2.75) is 51.4 Å². The van der Waals surface area contributed by atoms with Crippen molar-refractivity contribution in [3.63, 3.8) is 0 Å². The van der Waals surface area contributed by atoms with Gasteiger partial charge in [0, 0.05) is 24.3 Å². The normalized spacial score (nSPS) is 13.9. The zero-order chi connectivity index (χ0) is 27.4. The number of anilines is 2. The molecular formula is C24H25F4N7O3. The summed E-state index contributed by atoms with van der Waals surface area (Å²) in [5.74, 6) is -0.113. The van der Waals surface area contributed by atoms with E-state index in [9.17, 15) is 27.2 Å². The third kappa shape index (κ3) is 6.36. The third-order valence-electron chi connectivity index (χ3n) is 6.22. The van der Waals surface area contributed by atoms with Crippen LogP contribution >= 0.6 is 0 Å². The third-order valence-corrected chi connectivity index (χ3v) is 6.22. The van der Waals surface area contributed by atoms with Gasteiger partial charge in [-0.15, -0.1) is 0 Å². The van der Waals surface area contributed by atoms with Crippen molar-refractivity contribution in [1.82, 2.24) is 24.6 Å². The van der Waals surface area contributed by atoms with Crippen LogP contribution in [0.2, 0.25) is 0 Å². The van der Waals surface area contributed by atoms with Crippen LogP contribution in [0.1, 0.15) is 37.1 Å². The molecule has 0 spiro atoms. The average molecular weight is 536 g/mol. The Labute approximate surface area is 214 Å². The van der Waals surface area contributed by atoms with Crippen LogP contribution in [0.4, 0.5) is 38.7 Å². The number of aryl methyl sites for hydroxylation is 1. The summed E-state index contributed by atoms with van der Waals surface area (Å²) in [5.41, 5.74) is -1.26. The van der Waals surface area contributed by atoms with Crippen LogP contribution in [0.5, 0.6) is 0 Å². The van der Waals surface area contributed by atoms with Crippen LogP contribution in [0.15, 0.2) is 36.5 Å². The zero-order valence-corrected chi connectivity index (χ0v) is 20.3. The molecule has 1 saturated carbocycles. The van der Waals surface area contributed by atoms with E-state index in [4.69, 9.17) is 5.11 Å². The van der Waals surface area contributed by atoms with E-state index in [0.29, 0.717) is 36.1 Å². The molecule has 1 aliphatic rings. The number of nitrogens with one attached hydrogen (secondary N) is 2. The van der Waals surface area contributed by atoms with Gasteiger partial charge in [0.15, 0.2) is 5.82 Å². The van der Waals surface area contributed by atoms with E-state index in [1.165, 1.54) is 17.2 Å². The van der Waals surface area contributed by atoms with E-state index in [1.807, 2.05) is 0 Å². The summed E-state index contributed by atoms with van der Waals surface area (Å²) in [5, 5.41) is 17.8. The van der Waals surface area contributed by atoms with Gasteiger partial charge in [-0.1, -0.05) is 12.8 Å². The van der Waals surface area contributed by atoms with Gasteiger partial charge in [-0.3, -0.25) is 5.32 Å². The highest BCUT2D eigenvalue weighted by atomic mass is 19.4. The SMILES string of the molecule is Cc1nc(-c2ccnc(NC(=O)O)c2)nn1CCN(C(=O)Nc1ccc(F)cc1C(F)(F)F)C1CCCC1. The molecule has 38 heavy (non-hydrogen) atoms. The summed E-state index contributed by atoms with van der Waals surface area (Å²) in [7, 11) is 0. The minimum Gasteiger partial charge on any atom is -0.465 e. The predicted octanol–water partition coefficient (Wildman–Crippen LogP) is 5.37. The highest BCUT2D eigenvalue weighted by Gasteiger charge is 2.35. The summed E-state index contributed by atoms with van der Waals surface area (Å²) in [6.45, 7) is 2.07. The average Bonchev–Trinajstić information content (AvgIpc) is 3.50. The molecule has 2 heterocycles. The van der Waals surface area contributed by atoms with Crippen molar-refractivity contribution >= 4 is 23.6 Å². The van der Waals surface area contributed by atoms with Gasteiger partial charge in [0.1, 0.15) is 17.5 Å². The zero-order valence-electron chi connectivity index (χ0n) is 20.3. The van der Waals surface area contributed by atoms with Crippen LogP contribution in [-0.2, 0) is 12.7 Å². The number of hydrogen-bond acceptors (Lipinski definition) is 5. The topological polar surface area (TPSA) is 125 Å². The molecule has 10 nitrogen and oxygen atoms in total. The lowest BCUT2D eigenvalue weighted by atomic mass is 10.1. The number of amides is 3. The standard InChI is InChI=1S/C24H25F4N7O3/c1-14-30-21(15-8-9-29-20(12-15)32-23(37)38)33-35(14)11-10-34(17-4-2-3-5-17)22(36)31-19-7-6-16(25)13-18(19)24(26,27)28/h6-9,12-13,17H,2-5,10-11H2,1H3,(H,29,32)(H,31,36)(H,37,38). The lowest BCUT2D eigenvalue weighted by Gasteiger charge is -2.29. The monoisotopic (exact) mass is 535 g/mol. The first-order valence-electron chi connectivity index (χ1n) is 11.8. The molecular weight excluding hydrogens is 510 g/mol. The van der Waals surface area contributed by atoms with Gasteiger partial charge in [0.2, 0.25) is 0 Å². The van der Waals surface area contributed by atoms with Crippen molar-refractivity contribution in [3.05, 3.63) is 53.7 Å². The van der Waals surface area contributed by atoms with Crippen LogP contribution < -0.4 is 10.6 Å². The van der Waals surface area contributed by atoms with E-state index in [1.54, 1.807) is 17.7 Å². The van der Waals surface area contributed by atoms with Crippen LogP contribution in [0.3, 0.4) is 0 Å². The number of halogens is 4. The molecule has 1 aliphatic carbocycles. The molecule has 202 valence electrons. The van der Waals surface area contributed by atoms with E-state index < -0.39 is 35.4 Å². The molecule has 3 amide bonds. The maximum atomic E-state index is 13.5. The first-order valence-corrected chi connectivity index (χ1v) is 11.8. The highest BCUT2D eigenvalue weighted by molar-refractivity contribution is 5.90. The van der Waals surface area contributed by atoms with E-state index >= 15 is 0 Å². The Bertz CT molecular complexity index is 1320. The Morgan fingerprint density at radius 1 is 1.16 bits per heavy atom. The Morgan fingerprint density at radius 3 is 2.58 bits per heavy atom. The Hall–Kier alpha value is -4.23. The van der Waals surface area contributed by atoms with Crippen molar-refractivity contribution in [1.29, 1.82) is 0 Å². The fourth-order valence-electron chi connectivity index (χ4n) is 4.42. The molecule has 0 aliphatic heterocycles. The second-order valence-electron chi connectivity index (χ2n) is 8.82. The van der Waals surface area contributed by atoms with Crippen LogP contribution in [0, 0.1) is 12.7 Å². The number of aromatic nitrogens is 4. The molecule has 0 atom stereocenters. The summed E-state index contributed by atoms with van der Waals surface area (Å²) < 4.78 is 55.4. The molecule has 0 radical (unpaired) electrons. The number of rotatable bonds is 7. The van der Waals surface area contributed by atoms with Gasteiger partial charge in [-0.2, -0.15) is 18.3 Å². The first kappa shape index (κ1) is 26.8. The van der Waals surface area contributed by atoms with E-state index in [2.05, 4.69) is 25.7 Å². The maximum Gasteiger partial charge on any atom is 0.418 e.